The SMILES string of the molecule is CCCCc1ccc(N2C(=O)C(Cl)=C(Nc3cccc(C(=O)N4CCCCC4C)c3)C2=O)cc1. The molecule has 2 aromatic carbocycles. The molecule has 4 rings (SSSR count). The molecule has 2 heterocycles. The Balaban J connectivity index is 1.51. The number of unbranched alkanes of at least 4 members (excludes halogenated alkanes) is 1. The molecule has 0 aromatic heterocycles. The summed E-state index contributed by atoms with van der Waals surface area (Å²) < 4.78 is 0. The molecule has 0 radical (unpaired) electrons. The Morgan fingerprint density at radius 3 is 2.56 bits per heavy atom. The summed E-state index contributed by atoms with van der Waals surface area (Å²) >= 11 is 6.29. The highest BCUT2D eigenvalue weighted by molar-refractivity contribution is 6.53. The van der Waals surface area contributed by atoms with Crippen LogP contribution in [-0.2, 0) is 16.0 Å². The first kappa shape index (κ1) is 24.0. The van der Waals surface area contributed by atoms with Crippen molar-refractivity contribution < 1.29 is 14.4 Å². The minimum absolute atomic E-state index is 0.0117. The number of amides is 3. The van der Waals surface area contributed by atoms with E-state index in [1.807, 2.05) is 17.0 Å². The van der Waals surface area contributed by atoms with E-state index in [0.29, 0.717) is 16.9 Å². The van der Waals surface area contributed by atoms with Crippen LogP contribution < -0.4 is 10.2 Å². The summed E-state index contributed by atoms with van der Waals surface area (Å²) in [7, 11) is 0. The van der Waals surface area contributed by atoms with Crippen molar-refractivity contribution in [3.05, 3.63) is 70.4 Å². The van der Waals surface area contributed by atoms with Crippen molar-refractivity contribution in [2.75, 3.05) is 16.8 Å². The largest absolute Gasteiger partial charge is 0.350 e. The summed E-state index contributed by atoms with van der Waals surface area (Å²) in [6.07, 6.45) is 6.27. The fraction of sp³-hybridized carbons (Fsp3) is 0.370. The second kappa shape index (κ2) is 10.4. The number of benzene rings is 2. The zero-order valence-corrected chi connectivity index (χ0v) is 20.4. The number of nitrogens with one attached hydrogen (secondary N) is 1. The minimum Gasteiger partial charge on any atom is -0.350 e. The Kier molecular flexibility index (Phi) is 7.37. The van der Waals surface area contributed by atoms with E-state index in [4.69, 9.17) is 11.6 Å². The fourth-order valence-corrected chi connectivity index (χ4v) is 4.69. The van der Waals surface area contributed by atoms with Gasteiger partial charge < -0.3 is 10.2 Å². The molecule has 0 saturated carbocycles. The normalized spacial score (nSPS) is 18.6. The van der Waals surface area contributed by atoms with E-state index in [0.717, 1.165) is 55.5 Å². The lowest BCUT2D eigenvalue weighted by Gasteiger charge is -2.33. The summed E-state index contributed by atoms with van der Waals surface area (Å²) in [5.74, 6) is -1.11. The summed E-state index contributed by atoms with van der Waals surface area (Å²) in [6.45, 7) is 4.95. The van der Waals surface area contributed by atoms with Gasteiger partial charge in [-0.25, -0.2) is 4.90 Å². The minimum atomic E-state index is -0.565. The molecule has 2 aliphatic heterocycles. The standard InChI is InChI=1S/C27H30ClN3O3/c1-3-4-9-19-12-14-22(15-13-19)31-26(33)23(28)24(27(31)34)29-21-11-7-10-20(17-21)25(32)30-16-6-5-8-18(30)2/h7,10-15,17-18,29H,3-6,8-9,16H2,1-2H3. The van der Waals surface area contributed by atoms with Crippen LogP contribution in [0.1, 0.15) is 61.9 Å². The molecule has 1 fully saturated rings. The average molecular weight is 480 g/mol. The van der Waals surface area contributed by atoms with Gasteiger partial charge in [-0.05, 0) is 74.9 Å². The van der Waals surface area contributed by atoms with Crippen molar-refractivity contribution in [1.29, 1.82) is 0 Å². The number of halogens is 1. The topological polar surface area (TPSA) is 69.7 Å². The van der Waals surface area contributed by atoms with E-state index < -0.39 is 11.8 Å². The first-order valence-electron chi connectivity index (χ1n) is 12.0. The number of carbonyl (C=O) groups excluding carboxylic acids is 3. The van der Waals surface area contributed by atoms with Crippen LogP contribution in [0.2, 0.25) is 0 Å². The van der Waals surface area contributed by atoms with E-state index in [9.17, 15) is 14.4 Å². The zero-order chi connectivity index (χ0) is 24.2. The molecular weight excluding hydrogens is 450 g/mol. The second-order valence-corrected chi connectivity index (χ2v) is 9.33. The van der Waals surface area contributed by atoms with Gasteiger partial charge in [0.25, 0.3) is 17.7 Å². The monoisotopic (exact) mass is 479 g/mol. The molecule has 178 valence electrons. The van der Waals surface area contributed by atoms with Crippen molar-refractivity contribution in [3.8, 4) is 0 Å². The van der Waals surface area contributed by atoms with Gasteiger partial charge in [0.1, 0.15) is 10.7 Å². The average Bonchev–Trinajstić information content (AvgIpc) is 3.06. The fourth-order valence-electron chi connectivity index (χ4n) is 4.48. The van der Waals surface area contributed by atoms with Gasteiger partial charge in [-0.1, -0.05) is 43.1 Å². The van der Waals surface area contributed by atoms with Crippen molar-refractivity contribution in [1.82, 2.24) is 4.90 Å². The zero-order valence-electron chi connectivity index (χ0n) is 19.6. The number of hydrogen-bond donors (Lipinski definition) is 1. The van der Waals surface area contributed by atoms with Crippen molar-refractivity contribution >= 4 is 40.7 Å². The van der Waals surface area contributed by atoms with Crippen molar-refractivity contribution in [2.45, 2.75) is 58.4 Å². The lowest BCUT2D eigenvalue weighted by Crippen LogP contribution is -2.42. The summed E-state index contributed by atoms with van der Waals surface area (Å²) in [4.78, 5) is 41.9. The van der Waals surface area contributed by atoms with Crippen LogP contribution in [-0.4, -0.2) is 35.2 Å². The van der Waals surface area contributed by atoms with Gasteiger partial charge in [0.05, 0.1) is 5.69 Å². The molecule has 6 nitrogen and oxygen atoms in total. The molecule has 34 heavy (non-hydrogen) atoms. The molecule has 3 amide bonds. The Morgan fingerprint density at radius 2 is 1.85 bits per heavy atom. The Hall–Kier alpha value is -3.12. The number of likely N-dealkylation sites (tertiary alicyclic amines) is 1. The Morgan fingerprint density at radius 1 is 1.09 bits per heavy atom. The summed E-state index contributed by atoms with van der Waals surface area (Å²) in [5.41, 5.74) is 2.71. The summed E-state index contributed by atoms with van der Waals surface area (Å²) in [6, 6.07) is 14.6. The lowest BCUT2D eigenvalue weighted by molar-refractivity contribution is -0.120. The first-order chi connectivity index (χ1) is 16.4. The van der Waals surface area contributed by atoms with E-state index in [1.54, 1.807) is 36.4 Å². The number of imide groups is 1. The van der Waals surface area contributed by atoms with Gasteiger partial charge in [0.15, 0.2) is 0 Å². The van der Waals surface area contributed by atoms with E-state index in [2.05, 4.69) is 19.2 Å². The maximum atomic E-state index is 13.1. The van der Waals surface area contributed by atoms with Gasteiger partial charge in [0, 0.05) is 23.8 Å². The Bertz CT molecular complexity index is 1130. The van der Waals surface area contributed by atoms with E-state index >= 15 is 0 Å². The maximum Gasteiger partial charge on any atom is 0.283 e. The molecule has 1 atom stereocenters. The third-order valence-electron chi connectivity index (χ3n) is 6.48. The molecule has 1 N–H and O–H groups in total. The molecular formula is C27H30ClN3O3. The van der Waals surface area contributed by atoms with Crippen LogP contribution in [0.4, 0.5) is 11.4 Å². The van der Waals surface area contributed by atoms with Crippen molar-refractivity contribution in [3.63, 3.8) is 0 Å². The number of anilines is 2. The highest BCUT2D eigenvalue weighted by Crippen LogP contribution is 2.31. The van der Waals surface area contributed by atoms with Crippen LogP contribution in [0, 0.1) is 0 Å². The number of nitrogens with zero attached hydrogens (tertiary/aromatic N) is 2. The Labute approximate surface area is 205 Å². The molecule has 0 spiro atoms. The molecule has 7 heteroatoms. The molecule has 1 saturated heterocycles. The molecule has 2 aliphatic rings. The number of hydrogen-bond acceptors (Lipinski definition) is 4. The number of aryl methyl sites for hydroxylation is 1. The van der Waals surface area contributed by atoms with Crippen LogP contribution in [0.15, 0.2) is 59.3 Å². The van der Waals surface area contributed by atoms with Crippen LogP contribution in [0.3, 0.4) is 0 Å². The summed E-state index contributed by atoms with van der Waals surface area (Å²) in [5, 5.41) is 2.82. The van der Waals surface area contributed by atoms with Gasteiger partial charge in [-0.3, -0.25) is 14.4 Å². The smallest absolute Gasteiger partial charge is 0.283 e. The molecule has 1 unspecified atom stereocenters. The quantitative estimate of drug-likeness (QED) is 0.534. The van der Waals surface area contributed by atoms with Crippen LogP contribution in [0.5, 0.6) is 0 Å². The van der Waals surface area contributed by atoms with Crippen molar-refractivity contribution in [2.24, 2.45) is 0 Å². The van der Waals surface area contributed by atoms with Gasteiger partial charge in [0.2, 0.25) is 0 Å². The first-order valence-corrected chi connectivity index (χ1v) is 12.3. The lowest BCUT2D eigenvalue weighted by atomic mass is 10.0. The van der Waals surface area contributed by atoms with Gasteiger partial charge >= 0.3 is 0 Å². The van der Waals surface area contributed by atoms with E-state index in [1.165, 1.54) is 0 Å². The van der Waals surface area contributed by atoms with E-state index in [-0.39, 0.29) is 22.7 Å². The molecule has 2 aromatic rings. The molecule has 0 bridgehead atoms. The third-order valence-corrected chi connectivity index (χ3v) is 6.83. The van der Waals surface area contributed by atoms with Gasteiger partial charge in [-0.15, -0.1) is 0 Å². The van der Waals surface area contributed by atoms with Crippen LogP contribution >= 0.6 is 11.6 Å². The number of piperidine rings is 1. The number of rotatable bonds is 7. The predicted molar refractivity (Wildman–Crippen MR) is 135 cm³/mol. The highest BCUT2D eigenvalue weighted by Gasteiger charge is 2.39. The highest BCUT2D eigenvalue weighted by atomic mass is 35.5. The predicted octanol–water partition coefficient (Wildman–Crippen LogP) is 5.48. The second-order valence-electron chi connectivity index (χ2n) is 8.95. The van der Waals surface area contributed by atoms with Gasteiger partial charge in [-0.2, -0.15) is 0 Å². The number of carbonyl (C=O) groups is 3. The van der Waals surface area contributed by atoms with Crippen LogP contribution in [0.25, 0.3) is 0 Å². The maximum absolute atomic E-state index is 13.1. The third kappa shape index (κ3) is 4.87. The molecule has 0 aliphatic carbocycles.